The predicted molar refractivity (Wildman–Crippen MR) is 53.6 cm³/mol. The fourth-order valence-corrected chi connectivity index (χ4v) is 0.946. The number of benzene rings is 1. The van der Waals surface area contributed by atoms with E-state index in [2.05, 4.69) is 13.2 Å². The van der Waals surface area contributed by atoms with Gasteiger partial charge in [-0.1, -0.05) is 37.4 Å². The Morgan fingerprint density at radius 2 is 2.17 bits per heavy atom. The lowest BCUT2D eigenvalue weighted by Gasteiger charge is -2.00. The molecule has 0 fully saturated rings. The smallest absolute Gasteiger partial charge is 0.0250 e. The van der Waals surface area contributed by atoms with Crippen LogP contribution < -0.4 is 0 Å². The Balaban J connectivity index is 3.09. The van der Waals surface area contributed by atoms with Crippen molar-refractivity contribution in [1.29, 1.82) is 5.41 Å². The molecule has 60 valence electrons. The van der Waals surface area contributed by atoms with E-state index in [1.807, 2.05) is 24.3 Å². The minimum Gasteiger partial charge on any atom is -0.308 e. The van der Waals surface area contributed by atoms with Gasteiger partial charge in [0.05, 0.1) is 0 Å². The Bertz CT molecular complexity index is 324. The van der Waals surface area contributed by atoms with E-state index in [0.29, 0.717) is 0 Å². The van der Waals surface area contributed by atoms with Gasteiger partial charge in [0.15, 0.2) is 0 Å². The van der Waals surface area contributed by atoms with Gasteiger partial charge >= 0.3 is 0 Å². The number of nitrogens with one attached hydrogen (secondary N) is 1. The Hall–Kier alpha value is -1.63. The van der Waals surface area contributed by atoms with Gasteiger partial charge in [-0.15, -0.1) is 0 Å². The number of hydrogen-bond acceptors (Lipinski definition) is 1. The van der Waals surface area contributed by atoms with E-state index in [1.165, 1.54) is 6.21 Å². The van der Waals surface area contributed by atoms with E-state index in [4.69, 9.17) is 5.41 Å². The molecule has 0 aliphatic rings. The molecule has 0 atom stereocenters. The molecule has 0 amide bonds. The van der Waals surface area contributed by atoms with Crippen LogP contribution in [-0.2, 0) is 0 Å². The summed E-state index contributed by atoms with van der Waals surface area (Å²) in [5.74, 6) is 0. The molecule has 0 radical (unpaired) electrons. The molecular formula is C11H11N. The highest BCUT2D eigenvalue weighted by Gasteiger charge is 1.94. The fourth-order valence-electron chi connectivity index (χ4n) is 0.946. The Morgan fingerprint density at radius 1 is 1.42 bits per heavy atom. The summed E-state index contributed by atoms with van der Waals surface area (Å²) in [6.45, 7) is 7.46. The van der Waals surface area contributed by atoms with E-state index < -0.39 is 0 Å². The van der Waals surface area contributed by atoms with Crippen LogP contribution in [-0.4, -0.2) is 6.21 Å². The maximum Gasteiger partial charge on any atom is 0.0250 e. The molecule has 1 N–H and O–H groups in total. The minimum absolute atomic E-state index is 0.885. The molecule has 0 bridgehead atoms. The lowest BCUT2D eigenvalue weighted by atomic mass is 10.1. The van der Waals surface area contributed by atoms with Crippen LogP contribution >= 0.6 is 0 Å². The van der Waals surface area contributed by atoms with Crippen molar-refractivity contribution in [3.8, 4) is 0 Å². The van der Waals surface area contributed by atoms with E-state index in [0.717, 1.165) is 16.7 Å². The molecule has 1 nitrogen and oxygen atoms in total. The molecule has 0 saturated carbocycles. The van der Waals surface area contributed by atoms with Gasteiger partial charge in [0.2, 0.25) is 0 Å². The van der Waals surface area contributed by atoms with Crippen molar-refractivity contribution in [2.75, 3.05) is 0 Å². The summed E-state index contributed by atoms with van der Waals surface area (Å²) in [5, 5.41) is 7.06. The fraction of sp³-hybridized carbons (Fsp3) is 0. The first-order valence-corrected chi connectivity index (χ1v) is 3.70. The Morgan fingerprint density at radius 3 is 2.75 bits per heavy atom. The summed E-state index contributed by atoms with van der Waals surface area (Å²) in [5.41, 5.74) is 2.79. The first-order chi connectivity index (χ1) is 5.77. The van der Waals surface area contributed by atoms with E-state index in [9.17, 15) is 0 Å². The van der Waals surface area contributed by atoms with Gasteiger partial charge in [-0.3, -0.25) is 0 Å². The largest absolute Gasteiger partial charge is 0.308 e. The summed E-state index contributed by atoms with van der Waals surface area (Å²) in [6.07, 6.45) is 3.03. The van der Waals surface area contributed by atoms with Crippen LogP contribution in [0.25, 0.3) is 5.57 Å². The second-order valence-electron chi connectivity index (χ2n) is 2.50. The Kier molecular flexibility index (Phi) is 2.59. The van der Waals surface area contributed by atoms with Gasteiger partial charge in [0, 0.05) is 6.21 Å². The quantitative estimate of drug-likeness (QED) is 0.515. The summed E-state index contributed by atoms with van der Waals surface area (Å²) in [7, 11) is 0. The second kappa shape index (κ2) is 3.67. The molecule has 1 aromatic carbocycles. The van der Waals surface area contributed by atoms with Gasteiger partial charge < -0.3 is 5.41 Å². The molecule has 1 heteroatoms. The normalized spacial score (nSPS) is 9.00. The molecule has 0 aliphatic carbocycles. The van der Waals surface area contributed by atoms with Gasteiger partial charge in [0.25, 0.3) is 0 Å². The third-order valence-electron chi connectivity index (χ3n) is 1.67. The van der Waals surface area contributed by atoms with Crippen molar-refractivity contribution in [2.24, 2.45) is 0 Å². The zero-order chi connectivity index (χ0) is 8.97. The number of rotatable bonds is 3. The number of allylic oxidation sites excluding steroid dienone is 2. The zero-order valence-electron chi connectivity index (χ0n) is 6.88. The molecule has 0 spiro atoms. The van der Waals surface area contributed by atoms with E-state index >= 15 is 0 Å². The molecule has 0 saturated heterocycles. The van der Waals surface area contributed by atoms with Gasteiger partial charge in [-0.2, -0.15) is 0 Å². The molecule has 0 aliphatic heterocycles. The van der Waals surface area contributed by atoms with Crippen molar-refractivity contribution in [1.82, 2.24) is 0 Å². The maximum atomic E-state index is 7.06. The van der Waals surface area contributed by atoms with Crippen LogP contribution in [0.5, 0.6) is 0 Å². The minimum atomic E-state index is 0.885. The molecule has 0 unspecified atom stereocenters. The summed E-state index contributed by atoms with van der Waals surface area (Å²) >= 11 is 0. The lowest BCUT2D eigenvalue weighted by molar-refractivity contribution is 1.53. The predicted octanol–water partition coefficient (Wildman–Crippen LogP) is 2.88. The highest BCUT2D eigenvalue weighted by atomic mass is 14.3. The first-order valence-electron chi connectivity index (χ1n) is 3.70. The first kappa shape index (κ1) is 8.47. The Labute approximate surface area is 72.6 Å². The van der Waals surface area contributed by atoms with E-state index in [-0.39, 0.29) is 0 Å². The molecule has 0 heterocycles. The SMILES string of the molecule is C=CC(=C)c1cccc(C=N)c1. The van der Waals surface area contributed by atoms with Crippen molar-refractivity contribution < 1.29 is 0 Å². The third kappa shape index (κ3) is 1.70. The van der Waals surface area contributed by atoms with Gasteiger partial charge in [-0.05, 0) is 22.8 Å². The van der Waals surface area contributed by atoms with E-state index in [1.54, 1.807) is 6.08 Å². The standard InChI is InChI=1S/C11H11N/c1-3-9(2)11-6-4-5-10(7-11)8-12/h3-8,12H,1-2H2. The van der Waals surface area contributed by atoms with Crippen LogP contribution in [0.15, 0.2) is 43.5 Å². The van der Waals surface area contributed by atoms with Crippen LogP contribution in [0.3, 0.4) is 0 Å². The molecule has 12 heavy (non-hydrogen) atoms. The summed E-state index contributed by atoms with van der Waals surface area (Å²) < 4.78 is 0. The van der Waals surface area contributed by atoms with Crippen molar-refractivity contribution in [3.05, 3.63) is 54.6 Å². The van der Waals surface area contributed by atoms with Crippen LogP contribution in [0.4, 0.5) is 0 Å². The molecule has 1 aromatic rings. The molecular weight excluding hydrogens is 146 g/mol. The van der Waals surface area contributed by atoms with Gasteiger partial charge in [0.1, 0.15) is 0 Å². The lowest BCUT2D eigenvalue weighted by Crippen LogP contribution is -1.83. The maximum absolute atomic E-state index is 7.06. The highest BCUT2D eigenvalue weighted by Crippen LogP contribution is 2.13. The molecule has 1 rings (SSSR count). The van der Waals surface area contributed by atoms with Crippen molar-refractivity contribution in [2.45, 2.75) is 0 Å². The van der Waals surface area contributed by atoms with Crippen molar-refractivity contribution >= 4 is 11.8 Å². The third-order valence-corrected chi connectivity index (χ3v) is 1.67. The monoisotopic (exact) mass is 157 g/mol. The summed E-state index contributed by atoms with van der Waals surface area (Å²) in [6, 6.07) is 7.66. The van der Waals surface area contributed by atoms with Crippen LogP contribution in [0.2, 0.25) is 0 Å². The molecule has 0 aromatic heterocycles. The zero-order valence-corrected chi connectivity index (χ0v) is 6.88. The average molecular weight is 157 g/mol. The van der Waals surface area contributed by atoms with Crippen LogP contribution in [0.1, 0.15) is 11.1 Å². The summed E-state index contributed by atoms with van der Waals surface area (Å²) in [4.78, 5) is 0. The second-order valence-corrected chi connectivity index (χ2v) is 2.50. The topological polar surface area (TPSA) is 23.9 Å². The highest BCUT2D eigenvalue weighted by molar-refractivity contribution is 5.81. The van der Waals surface area contributed by atoms with Crippen molar-refractivity contribution in [3.63, 3.8) is 0 Å². The number of hydrogen-bond donors (Lipinski definition) is 1. The average Bonchev–Trinajstić information content (AvgIpc) is 2.17. The van der Waals surface area contributed by atoms with Gasteiger partial charge in [-0.25, -0.2) is 0 Å². The van der Waals surface area contributed by atoms with Crippen LogP contribution in [0, 0.1) is 5.41 Å².